The fourth-order valence-corrected chi connectivity index (χ4v) is 2.34. The Hall–Kier alpha value is -3.36. The molecule has 3 aromatic rings. The van der Waals surface area contributed by atoms with Crippen LogP contribution >= 0.6 is 0 Å². The second-order valence-electron chi connectivity index (χ2n) is 6.17. The molecule has 0 radical (unpaired) electrons. The zero-order chi connectivity index (χ0) is 19.4. The molecule has 0 aromatic carbocycles. The topological polar surface area (TPSA) is 94.8 Å². The highest BCUT2D eigenvalue weighted by Gasteiger charge is 2.15. The van der Waals surface area contributed by atoms with Gasteiger partial charge in [0.1, 0.15) is 35.3 Å². The Balaban J connectivity index is 1.71. The first kappa shape index (κ1) is 18.4. The molecule has 0 atom stereocenters. The van der Waals surface area contributed by atoms with Gasteiger partial charge < -0.3 is 10.1 Å². The third-order valence-electron chi connectivity index (χ3n) is 3.68. The van der Waals surface area contributed by atoms with Crippen molar-refractivity contribution < 1.29 is 13.9 Å². The first-order valence-corrected chi connectivity index (χ1v) is 8.34. The van der Waals surface area contributed by atoms with Crippen molar-refractivity contribution in [3.05, 3.63) is 53.9 Å². The minimum Gasteiger partial charge on any atom is -0.486 e. The molecule has 0 aliphatic carbocycles. The Kier molecular flexibility index (Phi) is 5.39. The third kappa shape index (κ3) is 4.43. The molecule has 1 N–H and O–H groups in total. The van der Waals surface area contributed by atoms with Crippen molar-refractivity contribution in [3.8, 4) is 17.1 Å². The van der Waals surface area contributed by atoms with E-state index in [0.717, 1.165) is 6.20 Å². The van der Waals surface area contributed by atoms with Gasteiger partial charge in [-0.25, -0.2) is 14.1 Å². The summed E-state index contributed by atoms with van der Waals surface area (Å²) in [5.74, 6) is -0.166. The fraction of sp³-hybridized carbons (Fsp3) is 0.278. The van der Waals surface area contributed by atoms with Crippen molar-refractivity contribution in [2.75, 3.05) is 0 Å². The Morgan fingerprint density at radius 2 is 2.04 bits per heavy atom. The number of pyridine rings is 2. The summed E-state index contributed by atoms with van der Waals surface area (Å²) in [7, 11) is 1.73. The summed E-state index contributed by atoms with van der Waals surface area (Å²) in [6, 6.07) is 6.14. The number of carbonyl (C=O) groups is 1. The van der Waals surface area contributed by atoms with Gasteiger partial charge in [0.05, 0.1) is 18.1 Å². The Morgan fingerprint density at radius 1 is 1.22 bits per heavy atom. The van der Waals surface area contributed by atoms with E-state index in [9.17, 15) is 9.18 Å². The molecule has 0 aliphatic heterocycles. The Labute approximate surface area is 155 Å². The SMILES string of the molecule is CC(C)NC(=O)c1ccc(OCc2c(-c3ccc(F)cn3)nnn2C)cn1. The van der Waals surface area contributed by atoms with Gasteiger partial charge in [0.2, 0.25) is 0 Å². The highest BCUT2D eigenvalue weighted by Crippen LogP contribution is 2.20. The van der Waals surface area contributed by atoms with E-state index in [1.54, 1.807) is 23.9 Å². The number of halogens is 1. The molecule has 3 heterocycles. The zero-order valence-corrected chi connectivity index (χ0v) is 15.2. The van der Waals surface area contributed by atoms with Crippen molar-refractivity contribution in [1.29, 1.82) is 0 Å². The summed E-state index contributed by atoms with van der Waals surface area (Å²) in [4.78, 5) is 20.1. The molecule has 0 unspecified atom stereocenters. The van der Waals surface area contributed by atoms with Crippen LogP contribution in [0.5, 0.6) is 5.75 Å². The number of aryl methyl sites for hydroxylation is 1. The number of nitrogens with zero attached hydrogens (tertiary/aromatic N) is 5. The summed E-state index contributed by atoms with van der Waals surface area (Å²) < 4.78 is 20.4. The minimum absolute atomic E-state index is 0.0334. The van der Waals surface area contributed by atoms with Crippen molar-refractivity contribution >= 4 is 5.91 Å². The van der Waals surface area contributed by atoms with Gasteiger partial charge in [0.25, 0.3) is 5.91 Å². The van der Waals surface area contributed by atoms with Crippen LogP contribution < -0.4 is 10.1 Å². The maximum absolute atomic E-state index is 13.1. The molecule has 3 aromatic heterocycles. The van der Waals surface area contributed by atoms with Crippen LogP contribution in [0.15, 0.2) is 36.7 Å². The monoisotopic (exact) mass is 370 g/mol. The fourth-order valence-electron chi connectivity index (χ4n) is 2.34. The lowest BCUT2D eigenvalue weighted by Crippen LogP contribution is -2.30. The van der Waals surface area contributed by atoms with E-state index < -0.39 is 5.82 Å². The van der Waals surface area contributed by atoms with Crippen LogP contribution in [-0.2, 0) is 13.7 Å². The second kappa shape index (κ2) is 7.90. The van der Waals surface area contributed by atoms with Gasteiger partial charge in [-0.3, -0.25) is 9.78 Å². The first-order valence-electron chi connectivity index (χ1n) is 8.34. The smallest absolute Gasteiger partial charge is 0.270 e. The van der Waals surface area contributed by atoms with E-state index in [1.165, 1.54) is 18.3 Å². The largest absolute Gasteiger partial charge is 0.486 e. The molecule has 0 saturated heterocycles. The summed E-state index contributed by atoms with van der Waals surface area (Å²) in [6.07, 6.45) is 2.61. The third-order valence-corrected chi connectivity index (χ3v) is 3.68. The maximum atomic E-state index is 13.1. The van der Waals surface area contributed by atoms with E-state index >= 15 is 0 Å². The minimum atomic E-state index is -0.423. The van der Waals surface area contributed by atoms with Gasteiger partial charge >= 0.3 is 0 Å². The molecule has 3 rings (SSSR count). The van der Waals surface area contributed by atoms with Crippen molar-refractivity contribution in [2.45, 2.75) is 26.5 Å². The predicted octanol–water partition coefficient (Wildman–Crippen LogP) is 2.13. The number of hydrogen-bond acceptors (Lipinski definition) is 6. The molecular weight excluding hydrogens is 351 g/mol. The normalized spacial score (nSPS) is 10.9. The highest BCUT2D eigenvalue weighted by atomic mass is 19.1. The van der Waals surface area contributed by atoms with Gasteiger partial charge in [-0.15, -0.1) is 5.10 Å². The number of carbonyl (C=O) groups excluding carboxylic acids is 1. The molecule has 0 aliphatic rings. The highest BCUT2D eigenvalue weighted by molar-refractivity contribution is 5.92. The Morgan fingerprint density at radius 3 is 2.67 bits per heavy atom. The summed E-state index contributed by atoms with van der Waals surface area (Å²) >= 11 is 0. The molecule has 8 nitrogen and oxygen atoms in total. The zero-order valence-electron chi connectivity index (χ0n) is 15.2. The predicted molar refractivity (Wildman–Crippen MR) is 95.4 cm³/mol. The number of amides is 1. The van der Waals surface area contributed by atoms with E-state index in [0.29, 0.717) is 28.5 Å². The number of hydrogen-bond donors (Lipinski definition) is 1. The van der Waals surface area contributed by atoms with Gasteiger partial charge in [0, 0.05) is 13.1 Å². The average Bonchev–Trinajstić information content (AvgIpc) is 3.01. The number of aromatic nitrogens is 5. The lowest BCUT2D eigenvalue weighted by molar-refractivity contribution is 0.0938. The molecule has 1 amide bonds. The number of ether oxygens (including phenoxy) is 1. The number of nitrogens with one attached hydrogen (secondary N) is 1. The lowest BCUT2D eigenvalue weighted by Gasteiger charge is -2.09. The summed E-state index contributed by atoms with van der Waals surface area (Å²) in [5, 5.41) is 10.8. The maximum Gasteiger partial charge on any atom is 0.270 e. The molecule has 0 fully saturated rings. The van der Waals surface area contributed by atoms with Crippen LogP contribution in [0.3, 0.4) is 0 Å². The van der Waals surface area contributed by atoms with E-state index in [1.807, 2.05) is 13.8 Å². The quantitative estimate of drug-likeness (QED) is 0.714. The van der Waals surface area contributed by atoms with Crippen molar-refractivity contribution in [2.24, 2.45) is 7.05 Å². The van der Waals surface area contributed by atoms with E-state index in [-0.39, 0.29) is 18.6 Å². The van der Waals surface area contributed by atoms with Crippen LogP contribution in [0.1, 0.15) is 30.0 Å². The summed E-state index contributed by atoms with van der Waals surface area (Å²) in [6.45, 7) is 3.92. The van der Waals surface area contributed by atoms with Crippen LogP contribution in [0.2, 0.25) is 0 Å². The van der Waals surface area contributed by atoms with Crippen molar-refractivity contribution in [3.63, 3.8) is 0 Å². The van der Waals surface area contributed by atoms with Gasteiger partial charge in [-0.2, -0.15) is 0 Å². The van der Waals surface area contributed by atoms with Gasteiger partial charge in [-0.1, -0.05) is 5.21 Å². The van der Waals surface area contributed by atoms with E-state index in [4.69, 9.17) is 4.74 Å². The standard InChI is InChI=1S/C18H19FN6O2/c1-11(2)22-18(26)15-7-5-13(9-21-15)27-10-16-17(23-24-25(16)3)14-6-4-12(19)8-20-14/h4-9,11H,10H2,1-3H3,(H,22,26). The lowest BCUT2D eigenvalue weighted by atomic mass is 10.2. The second-order valence-corrected chi connectivity index (χ2v) is 6.17. The molecule has 0 saturated carbocycles. The van der Waals surface area contributed by atoms with Gasteiger partial charge in [0.15, 0.2) is 0 Å². The van der Waals surface area contributed by atoms with E-state index in [2.05, 4.69) is 25.6 Å². The van der Waals surface area contributed by atoms with Crippen molar-refractivity contribution in [1.82, 2.24) is 30.3 Å². The Bertz CT molecular complexity index is 922. The number of rotatable bonds is 6. The summed E-state index contributed by atoms with van der Waals surface area (Å²) in [5.41, 5.74) is 2.01. The molecule has 140 valence electrons. The molecule has 9 heteroatoms. The van der Waals surface area contributed by atoms with Crippen LogP contribution in [-0.4, -0.2) is 36.9 Å². The first-order chi connectivity index (χ1) is 12.9. The molecular formula is C18H19FN6O2. The van der Waals surface area contributed by atoms with Crippen LogP contribution in [0.25, 0.3) is 11.4 Å². The van der Waals surface area contributed by atoms with Crippen LogP contribution in [0.4, 0.5) is 4.39 Å². The van der Waals surface area contributed by atoms with Crippen LogP contribution in [0, 0.1) is 5.82 Å². The average molecular weight is 370 g/mol. The molecule has 0 bridgehead atoms. The van der Waals surface area contributed by atoms with Gasteiger partial charge in [-0.05, 0) is 38.1 Å². The molecule has 27 heavy (non-hydrogen) atoms. The molecule has 0 spiro atoms.